The molecule has 0 aromatic rings. The van der Waals surface area contributed by atoms with Gasteiger partial charge >= 0.3 is 12.0 Å². The van der Waals surface area contributed by atoms with Crippen molar-refractivity contribution in [3.63, 3.8) is 0 Å². The van der Waals surface area contributed by atoms with Crippen LogP contribution in [0.1, 0.15) is 13.3 Å². The van der Waals surface area contributed by atoms with Gasteiger partial charge in [-0.25, -0.2) is 9.59 Å². The molecule has 8 heteroatoms. The van der Waals surface area contributed by atoms with Crippen molar-refractivity contribution in [2.75, 3.05) is 12.8 Å². The molecule has 5 N–H and O–H groups in total. The van der Waals surface area contributed by atoms with Crippen molar-refractivity contribution >= 4 is 29.7 Å². The number of nitrogens with two attached hydrogens (primary N) is 1. The van der Waals surface area contributed by atoms with Crippen LogP contribution >= 0.6 is 11.8 Å². The largest absolute Gasteiger partial charge is 0.480 e. The minimum absolute atomic E-state index is 0.222. The number of aliphatic carboxylic acids is 1. The van der Waals surface area contributed by atoms with Gasteiger partial charge in [0.15, 0.2) is 0 Å². The van der Waals surface area contributed by atoms with Gasteiger partial charge in [0.2, 0.25) is 5.91 Å². The molecule has 0 aromatic carbocycles. The molecule has 0 bridgehead atoms. The Morgan fingerprint density at radius 2 is 2.00 bits per heavy atom. The van der Waals surface area contributed by atoms with Crippen molar-refractivity contribution < 1.29 is 19.5 Å². The molecule has 0 saturated heterocycles. The molecule has 0 aliphatic rings. The molecule has 2 atom stereocenters. The molecular weight excluding hydrogens is 246 g/mol. The zero-order chi connectivity index (χ0) is 13.4. The molecule has 0 heterocycles. The summed E-state index contributed by atoms with van der Waals surface area (Å²) in [4.78, 5) is 32.6. The van der Waals surface area contributed by atoms with Crippen LogP contribution in [0.4, 0.5) is 4.79 Å². The van der Waals surface area contributed by atoms with E-state index in [1.807, 2.05) is 13.2 Å². The lowest BCUT2D eigenvalue weighted by molar-refractivity contribution is -0.140. The first-order chi connectivity index (χ1) is 7.86. The SMILES string of the molecule is CSC(C)CNC(=O)N[C@H](CC(N)=O)C(=O)O. The summed E-state index contributed by atoms with van der Waals surface area (Å²) in [5.74, 6) is -2.08. The lowest BCUT2D eigenvalue weighted by atomic mass is 10.2. The molecule has 0 rings (SSSR count). The molecule has 0 radical (unpaired) electrons. The molecule has 0 saturated carbocycles. The molecule has 0 aliphatic heterocycles. The van der Waals surface area contributed by atoms with Gasteiger partial charge in [-0.2, -0.15) is 11.8 Å². The van der Waals surface area contributed by atoms with E-state index in [-0.39, 0.29) is 5.25 Å². The Kier molecular flexibility index (Phi) is 7.11. The number of hydrogen-bond donors (Lipinski definition) is 4. The van der Waals surface area contributed by atoms with E-state index in [0.717, 1.165) is 0 Å². The number of nitrogens with one attached hydrogen (secondary N) is 2. The van der Waals surface area contributed by atoms with Crippen LogP contribution in [0, 0.1) is 0 Å². The van der Waals surface area contributed by atoms with E-state index in [1.165, 1.54) is 0 Å². The average molecular weight is 263 g/mol. The third-order valence-corrected chi connectivity index (χ3v) is 2.93. The predicted octanol–water partition coefficient (Wildman–Crippen LogP) is -0.634. The third-order valence-electron chi connectivity index (χ3n) is 1.96. The minimum atomic E-state index is -1.29. The lowest BCUT2D eigenvalue weighted by Gasteiger charge is -2.15. The molecule has 0 aromatic heterocycles. The van der Waals surface area contributed by atoms with Gasteiger partial charge in [0.25, 0.3) is 0 Å². The van der Waals surface area contributed by atoms with E-state index in [0.29, 0.717) is 6.54 Å². The zero-order valence-electron chi connectivity index (χ0n) is 9.73. The van der Waals surface area contributed by atoms with Crippen LogP contribution in [-0.4, -0.2) is 47.1 Å². The first-order valence-electron chi connectivity index (χ1n) is 4.95. The summed E-state index contributed by atoms with van der Waals surface area (Å²) in [6.45, 7) is 2.33. The second-order valence-corrected chi connectivity index (χ2v) is 4.74. The summed E-state index contributed by atoms with van der Waals surface area (Å²) >= 11 is 1.57. The fraction of sp³-hybridized carbons (Fsp3) is 0.667. The number of rotatable bonds is 7. The van der Waals surface area contributed by atoms with Crippen molar-refractivity contribution in [2.24, 2.45) is 5.73 Å². The molecule has 0 aliphatic carbocycles. The number of amides is 3. The molecule has 0 spiro atoms. The topological polar surface area (TPSA) is 122 Å². The standard InChI is InChI=1S/C9H17N3O4S/c1-5(17-2)4-11-9(16)12-6(8(14)15)3-7(10)13/h5-6H,3-4H2,1-2H3,(H2,10,13)(H,14,15)(H2,11,12,16)/t5?,6-/m1/s1. The van der Waals surface area contributed by atoms with E-state index in [2.05, 4.69) is 10.6 Å². The van der Waals surface area contributed by atoms with Crippen LogP contribution in [0.5, 0.6) is 0 Å². The second kappa shape index (κ2) is 7.77. The number of carboxylic acids is 1. The van der Waals surface area contributed by atoms with Crippen LogP contribution in [0.25, 0.3) is 0 Å². The van der Waals surface area contributed by atoms with Gasteiger partial charge in [-0.15, -0.1) is 0 Å². The highest BCUT2D eigenvalue weighted by atomic mass is 32.2. The number of primary amides is 1. The van der Waals surface area contributed by atoms with Crippen molar-refractivity contribution in [1.29, 1.82) is 0 Å². The molecule has 0 fully saturated rings. The first kappa shape index (κ1) is 15.6. The van der Waals surface area contributed by atoms with Gasteiger partial charge in [-0.3, -0.25) is 4.79 Å². The second-order valence-electron chi connectivity index (χ2n) is 3.46. The van der Waals surface area contributed by atoms with Crippen LogP contribution in [0.15, 0.2) is 0 Å². The summed E-state index contributed by atoms with van der Waals surface area (Å²) in [7, 11) is 0. The molecule has 1 unspecified atom stereocenters. The molecule has 17 heavy (non-hydrogen) atoms. The Labute approximate surface area is 104 Å². The maximum absolute atomic E-state index is 11.3. The summed E-state index contributed by atoms with van der Waals surface area (Å²) in [5, 5.41) is 13.6. The smallest absolute Gasteiger partial charge is 0.326 e. The number of carboxylic acid groups (broad SMARTS) is 1. The van der Waals surface area contributed by atoms with Crippen molar-refractivity contribution in [3.05, 3.63) is 0 Å². The van der Waals surface area contributed by atoms with Crippen LogP contribution < -0.4 is 16.4 Å². The quantitative estimate of drug-likeness (QED) is 0.487. The Bertz CT molecular complexity index is 298. The highest BCUT2D eigenvalue weighted by molar-refractivity contribution is 7.99. The number of hydrogen-bond acceptors (Lipinski definition) is 4. The van der Waals surface area contributed by atoms with Gasteiger partial charge in [-0.05, 0) is 6.26 Å². The van der Waals surface area contributed by atoms with Gasteiger partial charge < -0.3 is 21.5 Å². The number of carbonyl (C=O) groups is 3. The van der Waals surface area contributed by atoms with Gasteiger partial charge in [0.05, 0.1) is 6.42 Å². The minimum Gasteiger partial charge on any atom is -0.480 e. The Morgan fingerprint density at radius 1 is 1.41 bits per heavy atom. The van der Waals surface area contributed by atoms with Crippen molar-refractivity contribution in [1.82, 2.24) is 10.6 Å². The van der Waals surface area contributed by atoms with Crippen LogP contribution in [-0.2, 0) is 9.59 Å². The third kappa shape index (κ3) is 7.45. The van der Waals surface area contributed by atoms with Gasteiger partial charge in [-0.1, -0.05) is 6.92 Å². The first-order valence-corrected chi connectivity index (χ1v) is 6.23. The Morgan fingerprint density at radius 3 is 2.41 bits per heavy atom. The van der Waals surface area contributed by atoms with E-state index < -0.39 is 30.4 Å². The fourth-order valence-corrected chi connectivity index (χ4v) is 1.18. The maximum Gasteiger partial charge on any atom is 0.326 e. The van der Waals surface area contributed by atoms with Crippen molar-refractivity contribution in [3.8, 4) is 0 Å². The average Bonchev–Trinajstić information content (AvgIpc) is 2.24. The molecule has 7 nitrogen and oxygen atoms in total. The molecule has 98 valence electrons. The van der Waals surface area contributed by atoms with E-state index >= 15 is 0 Å². The number of carbonyl (C=O) groups excluding carboxylic acids is 2. The molecule has 3 amide bonds. The highest BCUT2D eigenvalue weighted by Gasteiger charge is 2.21. The normalized spacial score (nSPS) is 13.5. The Balaban J connectivity index is 4.13. The molecular formula is C9H17N3O4S. The van der Waals surface area contributed by atoms with E-state index in [9.17, 15) is 14.4 Å². The highest BCUT2D eigenvalue weighted by Crippen LogP contribution is 2.02. The number of thioether (sulfide) groups is 1. The van der Waals surface area contributed by atoms with Crippen LogP contribution in [0.2, 0.25) is 0 Å². The summed E-state index contributed by atoms with van der Waals surface area (Å²) < 4.78 is 0. The Hall–Kier alpha value is -1.44. The fourth-order valence-electron chi connectivity index (χ4n) is 0.930. The van der Waals surface area contributed by atoms with E-state index in [4.69, 9.17) is 10.8 Å². The van der Waals surface area contributed by atoms with Gasteiger partial charge in [0.1, 0.15) is 6.04 Å². The van der Waals surface area contributed by atoms with Gasteiger partial charge in [0, 0.05) is 11.8 Å². The van der Waals surface area contributed by atoms with Crippen LogP contribution in [0.3, 0.4) is 0 Å². The summed E-state index contributed by atoms with van der Waals surface area (Å²) in [5.41, 5.74) is 4.87. The lowest BCUT2D eigenvalue weighted by Crippen LogP contribution is -2.48. The summed E-state index contributed by atoms with van der Waals surface area (Å²) in [6.07, 6.45) is 1.47. The predicted molar refractivity (Wildman–Crippen MR) is 64.7 cm³/mol. The van der Waals surface area contributed by atoms with Crippen molar-refractivity contribution in [2.45, 2.75) is 24.6 Å². The monoisotopic (exact) mass is 263 g/mol. The zero-order valence-corrected chi connectivity index (χ0v) is 10.5. The van der Waals surface area contributed by atoms with E-state index in [1.54, 1.807) is 11.8 Å². The number of urea groups is 1. The summed E-state index contributed by atoms with van der Waals surface area (Å²) in [6, 6.07) is -1.92. The maximum atomic E-state index is 11.3.